The van der Waals surface area contributed by atoms with Gasteiger partial charge in [-0.3, -0.25) is 4.79 Å². The predicted octanol–water partition coefficient (Wildman–Crippen LogP) is 3.91. The monoisotopic (exact) mass is 449 g/mol. The van der Waals surface area contributed by atoms with E-state index < -0.39 is 16.2 Å². The van der Waals surface area contributed by atoms with Crippen LogP contribution in [0, 0.1) is 6.92 Å². The summed E-state index contributed by atoms with van der Waals surface area (Å²) in [6, 6.07) is 23.5. The Hall–Kier alpha value is -3.16. The van der Waals surface area contributed by atoms with Crippen molar-refractivity contribution in [3.8, 4) is 0 Å². The molecule has 1 fully saturated rings. The van der Waals surface area contributed by atoms with Gasteiger partial charge in [0.2, 0.25) is 10.0 Å². The summed E-state index contributed by atoms with van der Waals surface area (Å²) in [7, 11) is 0.0979. The van der Waals surface area contributed by atoms with Gasteiger partial charge < -0.3 is 9.80 Å². The van der Waals surface area contributed by atoms with Crippen molar-refractivity contribution in [3.05, 3.63) is 95.6 Å². The van der Waals surface area contributed by atoms with Crippen LogP contribution in [0.15, 0.2) is 83.8 Å². The fraction of sp³-hybridized carbons (Fsp3) is 0.240. The van der Waals surface area contributed by atoms with Crippen molar-refractivity contribution in [3.63, 3.8) is 0 Å². The van der Waals surface area contributed by atoms with E-state index in [1.54, 1.807) is 41.3 Å². The molecular formula is C25H27N3O3S. The first-order valence-electron chi connectivity index (χ1n) is 10.5. The average Bonchev–Trinajstić information content (AvgIpc) is 3.25. The van der Waals surface area contributed by atoms with Crippen LogP contribution in [0.1, 0.15) is 27.7 Å². The Morgan fingerprint density at radius 1 is 0.875 bits per heavy atom. The molecule has 1 amide bonds. The van der Waals surface area contributed by atoms with Crippen LogP contribution in [0.4, 0.5) is 5.69 Å². The highest BCUT2D eigenvalue weighted by Crippen LogP contribution is 2.36. The van der Waals surface area contributed by atoms with Crippen LogP contribution in [0.3, 0.4) is 0 Å². The van der Waals surface area contributed by atoms with Gasteiger partial charge in [-0.2, -0.15) is 4.31 Å². The number of sulfonamides is 1. The van der Waals surface area contributed by atoms with E-state index in [0.717, 1.165) is 16.8 Å². The van der Waals surface area contributed by atoms with Crippen molar-refractivity contribution in [1.29, 1.82) is 0 Å². The van der Waals surface area contributed by atoms with Gasteiger partial charge in [0.05, 0.1) is 4.90 Å². The molecule has 1 aliphatic heterocycles. The number of hydrogen-bond acceptors (Lipinski definition) is 4. The summed E-state index contributed by atoms with van der Waals surface area (Å²) in [5, 5.41) is 0. The zero-order valence-corrected chi connectivity index (χ0v) is 19.3. The fourth-order valence-corrected chi connectivity index (χ4v) is 5.52. The van der Waals surface area contributed by atoms with E-state index in [4.69, 9.17) is 0 Å². The maximum Gasteiger partial charge on any atom is 0.255 e. The van der Waals surface area contributed by atoms with Gasteiger partial charge in [-0.1, -0.05) is 48.0 Å². The first-order valence-corrected chi connectivity index (χ1v) is 11.9. The molecule has 3 aromatic rings. The maximum absolute atomic E-state index is 13.6. The number of carbonyl (C=O) groups excluding carboxylic acids is 1. The Kier molecular flexibility index (Phi) is 6.04. The molecule has 0 saturated carbocycles. The summed E-state index contributed by atoms with van der Waals surface area (Å²) >= 11 is 0. The number of nitrogens with zero attached hydrogens (tertiary/aromatic N) is 3. The quantitative estimate of drug-likeness (QED) is 0.593. The SMILES string of the molecule is Cc1ccc(S(=O)(=O)N2CCN(C(=O)c3ccccc3)[C@@H]2c2ccc(N(C)C)cc2)cc1. The number of amides is 1. The highest BCUT2D eigenvalue weighted by molar-refractivity contribution is 7.89. The molecule has 1 heterocycles. The lowest BCUT2D eigenvalue weighted by atomic mass is 10.1. The highest BCUT2D eigenvalue weighted by atomic mass is 32.2. The molecule has 1 atom stereocenters. The summed E-state index contributed by atoms with van der Waals surface area (Å²) in [6.07, 6.45) is -0.717. The van der Waals surface area contributed by atoms with Crippen molar-refractivity contribution in [2.45, 2.75) is 18.0 Å². The van der Waals surface area contributed by atoms with Crippen LogP contribution in [0.5, 0.6) is 0 Å². The van der Waals surface area contributed by atoms with Crippen LogP contribution in [-0.4, -0.2) is 50.7 Å². The second kappa shape index (κ2) is 8.76. The summed E-state index contributed by atoms with van der Waals surface area (Å²) in [5.74, 6) is -0.186. The Bertz CT molecular complexity index is 1190. The lowest BCUT2D eigenvalue weighted by Gasteiger charge is -2.30. The van der Waals surface area contributed by atoms with Crippen molar-refractivity contribution in [2.24, 2.45) is 0 Å². The minimum atomic E-state index is -3.80. The molecular weight excluding hydrogens is 422 g/mol. The van der Waals surface area contributed by atoms with Gasteiger partial charge in [-0.05, 0) is 48.9 Å². The van der Waals surface area contributed by atoms with Gasteiger partial charge in [-0.25, -0.2) is 8.42 Å². The van der Waals surface area contributed by atoms with Crippen molar-refractivity contribution in [2.75, 3.05) is 32.1 Å². The first-order chi connectivity index (χ1) is 15.3. The van der Waals surface area contributed by atoms with E-state index in [1.807, 2.05) is 68.4 Å². The summed E-state index contributed by atoms with van der Waals surface area (Å²) < 4.78 is 28.6. The largest absolute Gasteiger partial charge is 0.378 e. The van der Waals surface area contributed by atoms with Crippen LogP contribution >= 0.6 is 0 Å². The predicted molar refractivity (Wildman–Crippen MR) is 126 cm³/mol. The number of anilines is 1. The molecule has 1 saturated heterocycles. The molecule has 0 spiro atoms. The third kappa shape index (κ3) is 4.13. The Balaban J connectivity index is 1.77. The van der Waals surface area contributed by atoms with E-state index in [0.29, 0.717) is 12.1 Å². The van der Waals surface area contributed by atoms with E-state index in [9.17, 15) is 13.2 Å². The molecule has 0 aromatic heterocycles. The molecule has 7 heteroatoms. The highest BCUT2D eigenvalue weighted by Gasteiger charge is 2.43. The second-order valence-corrected chi connectivity index (χ2v) is 10.0. The van der Waals surface area contributed by atoms with Gasteiger partial charge >= 0.3 is 0 Å². The van der Waals surface area contributed by atoms with Crippen LogP contribution in [-0.2, 0) is 10.0 Å². The Morgan fingerprint density at radius 3 is 2.09 bits per heavy atom. The molecule has 1 aliphatic rings. The molecule has 0 radical (unpaired) electrons. The third-order valence-corrected chi connectivity index (χ3v) is 7.61. The molecule has 32 heavy (non-hydrogen) atoms. The molecule has 166 valence electrons. The first kappa shape index (κ1) is 22.0. The second-order valence-electron chi connectivity index (χ2n) is 8.15. The zero-order chi connectivity index (χ0) is 22.9. The topological polar surface area (TPSA) is 60.9 Å². The molecule has 0 aliphatic carbocycles. The molecule has 6 nitrogen and oxygen atoms in total. The molecule has 3 aromatic carbocycles. The van der Waals surface area contributed by atoms with E-state index in [-0.39, 0.29) is 17.3 Å². The van der Waals surface area contributed by atoms with Crippen molar-refractivity contribution < 1.29 is 13.2 Å². The minimum absolute atomic E-state index is 0.186. The van der Waals surface area contributed by atoms with Crippen molar-refractivity contribution >= 4 is 21.6 Å². The normalized spacial score (nSPS) is 16.8. The lowest BCUT2D eigenvalue weighted by molar-refractivity contribution is 0.0693. The molecule has 0 N–H and O–H groups in total. The summed E-state index contributed by atoms with van der Waals surface area (Å²) in [5.41, 5.74) is 3.28. The fourth-order valence-electron chi connectivity index (χ4n) is 3.95. The van der Waals surface area contributed by atoms with E-state index >= 15 is 0 Å². The van der Waals surface area contributed by atoms with Gasteiger partial charge in [0, 0.05) is 38.4 Å². The molecule has 4 rings (SSSR count). The lowest BCUT2D eigenvalue weighted by Crippen LogP contribution is -2.38. The van der Waals surface area contributed by atoms with Gasteiger partial charge in [-0.15, -0.1) is 0 Å². The van der Waals surface area contributed by atoms with Gasteiger partial charge in [0.25, 0.3) is 5.91 Å². The molecule has 0 bridgehead atoms. The standard InChI is InChI=1S/C25H27N3O3S/c1-19-9-15-23(16-10-19)32(30,31)28-18-17-27(25(29)21-7-5-4-6-8-21)24(28)20-11-13-22(14-12-20)26(2)3/h4-16,24H,17-18H2,1-3H3/t24-/m0/s1. The Labute approximate surface area is 189 Å². The smallest absolute Gasteiger partial charge is 0.255 e. The number of aryl methyl sites for hydroxylation is 1. The van der Waals surface area contributed by atoms with Gasteiger partial charge in [0.1, 0.15) is 6.17 Å². The molecule has 0 unspecified atom stereocenters. The van der Waals surface area contributed by atoms with E-state index in [1.165, 1.54) is 4.31 Å². The number of benzene rings is 3. The maximum atomic E-state index is 13.6. The van der Waals surface area contributed by atoms with Crippen molar-refractivity contribution in [1.82, 2.24) is 9.21 Å². The zero-order valence-electron chi connectivity index (χ0n) is 18.5. The number of carbonyl (C=O) groups is 1. The van der Waals surface area contributed by atoms with Crippen LogP contribution in [0.25, 0.3) is 0 Å². The van der Waals surface area contributed by atoms with E-state index in [2.05, 4.69) is 0 Å². The summed E-state index contributed by atoms with van der Waals surface area (Å²) in [4.78, 5) is 17.2. The number of hydrogen-bond donors (Lipinski definition) is 0. The van der Waals surface area contributed by atoms with Crippen LogP contribution in [0.2, 0.25) is 0 Å². The summed E-state index contributed by atoms with van der Waals surface area (Å²) in [6.45, 7) is 2.47. The average molecular weight is 450 g/mol. The minimum Gasteiger partial charge on any atom is -0.378 e. The third-order valence-electron chi connectivity index (χ3n) is 5.75. The Morgan fingerprint density at radius 2 is 1.50 bits per heavy atom. The number of rotatable bonds is 5. The van der Waals surface area contributed by atoms with Gasteiger partial charge in [0.15, 0.2) is 0 Å². The van der Waals surface area contributed by atoms with Crippen LogP contribution < -0.4 is 4.90 Å².